The molecule has 0 aliphatic rings. The van der Waals surface area contributed by atoms with E-state index in [2.05, 4.69) is 56.2 Å². The van der Waals surface area contributed by atoms with Gasteiger partial charge in [-0.3, -0.25) is 0 Å². The second-order valence-electron chi connectivity index (χ2n) is 5.98. The molecule has 1 N–H and O–H groups in total. The molecule has 134 valence electrons. The molecule has 0 saturated carbocycles. The van der Waals surface area contributed by atoms with Crippen molar-refractivity contribution in [3.8, 4) is 5.75 Å². The Balaban J connectivity index is 1.69. The molecule has 3 aromatic rings. The van der Waals surface area contributed by atoms with Crippen molar-refractivity contribution < 1.29 is 9.13 Å². The molecule has 0 fully saturated rings. The van der Waals surface area contributed by atoms with E-state index < -0.39 is 0 Å². The van der Waals surface area contributed by atoms with Gasteiger partial charge in [-0.1, -0.05) is 30.3 Å². The normalized spacial score (nSPS) is 10.6. The minimum atomic E-state index is -0.262. The van der Waals surface area contributed by atoms with Crippen LogP contribution in [0.5, 0.6) is 5.75 Å². The fourth-order valence-electron chi connectivity index (χ4n) is 2.60. The summed E-state index contributed by atoms with van der Waals surface area (Å²) in [6.07, 6.45) is 0. The highest BCUT2D eigenvalue weighted by atomic mass is 79.9. The average molecular weight is 479 g/mol. The second kappa shape index (κ2) is 8.69. The Labute approximate surface area is 169 Å². The molecule has 5 heteroatoms. The largest absolute Gasteiger partial charge is 0.487 e. The van der Waals surface area contributed by atoms with E-state index in [0.717, 1.165) is 25.8 Å². The molecule has 0 aliphatic heterocycles. The van der Waals surface area contributed by atoms with E-state index in [1.807, 2.05) is 30.3 Å². The fraction of sp³-hybridized carbons (Fsp3) is 0.143. The highest BCUT2D eigenvalue weighted by Gasteiger charge is 2.10. The molecule has 0 unspecified atom stereocenters. The van der Waals surface area contributed by atoms with Gasteiger partial charge >= 0.3 is 0 Å². The number of ether oxygens (including phenoxy) is 1. The molecule has 0 radical (unpaired) electrons. The number of nitrogens with one attached hydrogen (secondary N) is 1. The molecule has 0 aromatic heterocycles. The van der Waals surface area contributed by atoms with Gasteiger partial charge in [-0.05, 0) is 85.8 Å². The van der Waals surface area contributed by atoms with Crippen LogP contribution < -0.4 is 10.1 Å². The van der Waals surface area contributed by atoms with Crippen LogP contribution in [0.3, 0.4) is 0 Å². The highest BCUT2D eigenvalue weighted by molar-refractivity contribution is 9.11. The first-order valence-electron chi connectivity index (χ1n) is 8.17. The van der Waals surface area contributed by atoms with Crippen LogP contribution >= 0.6 is 31.9 Å². The Kier molecular flexibility index (Phi) is 6.33. The molecule has 3 aromatic carbocycles. The number of aryl methyl sites for hydroxylation is 1. The Morgan fingerprint density at radius 1 is 0.923 bits per heavy atom. The van der Waals surface area contributed by atoms with Gasteiger partial charge in [0.2, 0.25) is 0 Å². The maximum Gasteiger partial charge on any atom is 0.148 e. The van der Waals surface area contributed by atoms with Crippen molar-refractivity contribution in [1.29, 1.82) is 0 Å². The minimum absolute atomic E-state index is 0.262. The van der Waals surface area contributed by atoms with Crippen LogP contribution in [0, 0.1) is 12.7 Å². The summed E-state index contributed by atoms with van der Waals surface area (Å²) in [5.74, 6) is 0.441. The van der Waals surface area contributed by atoms with Crippen LogP contribution in [0.1, 0.15) is 16.7 Å². The van der Waals surface area contributed by atoms with E-state index in [9.17, 15) is 4.39 Å². The van der Waals surface area contributed by atoms with Crippen LogP contribution in [0.4, 0.5) is 10.1 Å². The maximum atomic E-state index is 13.3. The fourth-order valence-corrected chi connectivity index (χ4v) is 4.11. The molecule has 26 heavy (non-hydrogen) atoms. The van der Waals surface area contributed by atoms with Gasteiger partial charge in [0.25, 0.3) is 0 Å². The molecule has 0 saturated heterocycles. The van der Waals surface area contributed by atoms with Gasteiger partial charge in [-0.15, -0.1) is 0 Å². The van der Waals surface area contributed by atoms with Gasteiger partial charge in [0, 0.05) is 12.2 Å². The lowest BCUT2D eigenvalue weighted by molar-refractivity contribution is 0.301. The number of benzene rings is 3. The van der Waals surface area contributed by atoms with Crippen LogP contribution in [0.2, 0.25) is 0 Å². The zero-order valence-corrected chi connectivity index (χ0v) is 17.4. The minimum Gasteiger partial charge on any atom is -0.487 e. The molecule has 0 spiro atoms. The first-order valence-corrected chi connectivity index (χ1v) is 9.76. The lowest BCUT2D eigenvalue weighted by atomic mass is 10.1. The average Bonchev–Trinajstić information content (AvgIpc) is 2.60. The molecule has 0 heterocycles. The lowest BCUT2D eigenvalue weighted by Crippen LogP contribution is -2.02. The number of hydrogen-bond donors (Lipinski definition) is 1. The quantitative estimate of drug-likeness (QED) is 0.418. The van der Waals surface area contributed by atoms with Crippen molar-refractivity contribution in [3.05, 3.63) is 92.1 Å². The van der Waals surface area contributed by atoms with Gasteiger partial charge in [-0.25, -0.2) is 4.39 Å². The summed E-state index contributed by atoms with van der Waals surface area (Å²) in [6, 6.07) is 18.7. The molecule has 0 aliphatic carbocycles. The summed E-state index contributed by atoms with van der Waals surface area (Å²) in [5.41, 5.74) is 4.23. The number of para-hydroxylation sites is 1. The lowest BCUT2D eigenvalue weighted by Gasteiger charge is -2.14. The number of anilines is 1. The summed E-state index contributed by atoms with van der Waals surface area (Å²) in [7, 11) is 0. The van der Waals surface area contributed by atoms with Crippen LogP contribution in [-0.2, 0) is 13.2 Å². The third-order valence-electron chi connectivity index (χ3n) is 3.96. The van der Waals surface area contributed by atoms with Crippen LogP contribution in [0.25, 0.3) is 0 Å². The van der Waals surface area contributed by atoms with E-state index in [1.54, 1.807) is 6.07 Å². The Hall–Kier alpha value is -1.85. The number of hydrogen-bond acceptors (Lipinski definition) is 2. The monoisotopic (exact) mass is 477 g/mol. The van der Waals surface area contributed by atoms with Gasteiger partial charge in [-0.2, -0.15) is 0 Å². The van der Waals surface area contributed by atoms with Gasteiger partial charge < -0.3 is 10.1 Å². The van der Waals surface area contributed by atoms with Crippen LogP contribution in [-0.4, -0.2) is 0 Å². The van der Waals surface area contributed by atoms with E-state index in [1.165, 1.54) is 17.7 Å². The van der Waals surface area contributed by atoms with E-state index in [-0.39, 0.29) is 5.82 Å². The molecule has 0 bridgehead atoms. The first kappa shape index (κ1) is 18.9. The van der Waals surface area contributed by atoms with Gasteiger partial charge in [0.05, 0.1) is 8.95 Å². The molecule has 0 atom stereocenters. The SMILES string of the molecule is Cc1ccccc1NCc1cc(Br)c(OCc2cccc(F)c2)c(Br)c1. The maximum absolute atomic E-state index is 13.3. The molecular formula is C21H18Br2FNO. The van der Waals surface area contributed by atoms with Gasteiger partial charge in [0.15, 0.2) is 0 Å². The van der Waals surface area contributed by atoms with E-state index in [4.69, 9.17) is 4.74 Å². The summed E-state index contributed by atoms with van der Waals surface area (Å²) >= 11 is 7.14. The standard InChI is InChI=1S/C21H18Br2FNO/c1-14-5-2-3-8-20(14)25-12-16-10-18(22)21(19(23)11-16)26-13-15-6-4-7-17(24)9-15/h2-11,25H,12-13H2,1H3. The second-order valence-corrected chi connectivity index (χ2v) is 7.68. The highest BCUT2D eigenvalue weighted by Crippen LogP contribution is 2.35. The summed E-state index contributed by atoms with van der Waals surface area (Å²) in [5, 5.41) is 3.44. The predicted molar refractivity (Wildman–Crippen MR) is 111 cm³/mol. The topological polar surface area (TPSA) is 21.3 Å². The van der Waals surface area contributed by atoms with Crippen molar-refractivity contribution in [2.75, 3.05) is 5.32 Å². The van der Waals surface area contributed by atoms with E-state index >= 15 is 0 Å². The summed E-state index contributed by atoms with van der Waals surface area (Å²) in [4.78, 5) is 0. The van der Waals surface area contributed by atoms with Crippen molar-refractivity contribution in [1.82, 2.24) is 0 Å². The van der Waals surface area contributed by atoms with Crippen LogP contribution in [0.15, 0.2) is 69.6 Å². The molecule has 2 nitrogen and oxygen atoms in total. The number of halogens is 3. The molecule has 0 amide bonds. The third-order valence-corrected chi connectivity index (χ3v) is 5.14. The smallest absolute Gasteiger partial charge is 0.148 e. The number of rotatable bonds is 6. The van der Waals surface area contributed by atoms with E-state index in [0.29, 0.717) is 18.9 Å². The van der Waals surface area contributed by atoms with Crippen molar-refractivity contribution in [3.63, 3.8) is 0 Å². The zero-order chi connectivity index (χ0) is 18.5. The Bertz CT molecular complexity index is 891. The third kappa shape index (κ3) is 4.86. The first-order chi connectivity index (χ1) is 12.5. The van der Waals surface area contributed by atoms with Crippen molar-refractivity contribution >= 4 is 37.5 Å². The predicted octanol–water partition coefficient (Wildman–Crippen LogP) is 6.85. The summed E-state index contributed by atoms with van der Waals surface area (Å²) in [6.45, 7) is 3.08. The summed E-state index contributed by atoms with van der Waals surface area (Å²) < 4.78 is 20.8. The van der Waals surface area contributed by atoms with Gasteiger partial charge in [0.1, 0.15) is 18.2 Å². The Morgan fingerprint density at radius 3 is 2.35 bits per heavy atom. The Morgan fingerprint density at radius 2 is 1.65 bits per heavy atom. The molecule has 3 rings (SSSR count). The van der Waals surface area contributed by atoms with Crippen molar-refractivity contribution in [2.24, 2.45) is 0 Å². The van der Waals surface area contributed by atoms with Crippen molar-refractivity contribution in [2.45, 2.75) is 20.1 Å². The zero-order valence-electron chi connectivity index (χ0n) is 14.2. The molecular weight excluding hydrogens is 461 g/mol.